The Balaban J connectivity index is 1.49. The first-order valence-electron chi connectivity index (χ1n) is 11.3. The van der Waals surface area contributed by atoms with Crippen LogP contribution in [0, 0.1) is 19.8 Å². The molecule has 1 aromatic carbocycles. The van der Waals surface area contributed by atoms with Crippen molar-refractivity contribution in [3.8, 4) is 11.5 Å². The van der Waals surface area contributed by atoms with Gasteiger partial charge in [-0.2, -0.15) is 0 Å². The maximum absolute atomic E-state index is 13.1. The number of imide groups is 1. The van der Waals surface area contributed by atoms with Crippen molar-refractivity contribution in [2.75, 3.05) is 13.3 Å². The number of hydrogen-bond donors (Lipinski definition) is 1. The number of hydrogen-bond acceptors (Lipinski definition) is 5. The van der Waals surface area contributed by atoms with Gasteiger partial charge in [-0.05, 0) is 63.3 Å². The quantitative estimate of drug-likeness (QED) is 0.485. The summed E-state index contributed by atoms with van der Waals surface area (Å²) in [5, 5.41) is 2.78. The topological polar surface area (TPSA) is 89.9 Å². The lowest BCUT2D eigenvalue weighted by Gasteiger charge is -2.22. The van der Waals surface area contributed by atoms with E-state index in [1.165, 1.54) is 0 Å². The Morgan fingerprint density at radius 1 is 1.15 bits per heavy atom. The Hall–Kier alpha value is -3.29. The molecule has 33 heavy (non-hydrogen) atoms. The molecule has 1 atom stereocenters. The summed E-state index contributed by atoms with van der Waals surface area (Å²) < 4.78 is 12.9. The fourth-order valence-corrected chi connectivity index (χ4v) is 4.41. The molecule has 1 N–H and O–H groups in total. The molecule has 0 radical (unpaired) electrons. The Morgan fingerprint density at radius 3 is 2.61 bits per heavy atom. The highest BCUT2D eigenvalue weighted by Gasteiger charge is 2.48. The summed E-state index contributed by atoms with van der Waals surface area (Å²) in [6.07, 6.45) is 1.36. The summed E-state index contributed by atoms with van der Waals surface area (Å²) in [6, 6.07) is 7.11. The molecule has 8 nitrogen and oxygen atoms in total. The van der Waals surface area contributed by atoms with Crippen molar-refractivity contribution >= 4 is 17.7 Å². The van der Waals surface area contributed by atoms with Crippen molar-refractivity contribution in [3.05, 3.63) is 46.8 Å². The van der Waals surface area contributed by atoms with Crippen LogP contribution >= 0.6 is 0 Å². The first kappa shape index (κ1) is 22.9. The summed E-state index contributed by atoms with van der Waals surface area (Å²) >= 11 is 0. The van der Waals surface area contributed by atoms with Crippen molar-refractivity contribution in [2.24, 2.45) is 5.92 Å². The molecule has 3 heterocycles. The highest BCUT2D eigenvalue weighted by molar-refractivity contribution is 6.11. The van der Waals surface area contributed by atoms with Crippen LogP contribution < -0.4 is 14.8 Å². The standard InChI is InChI=1S/C25H31N3O5/c1-15(2)8-9-25(5)23(30)28(24(31)26-25)13-20(29)19-10-16(3)27(17(19)4)12-18-6-7-21-22(11-18)33-14-32-21/h6-7,10-11,15H,8-9,12-14H2,1-5H3,(H,26,31)/t25-/m1/s1. The van der Waals surface area contributed by atoms with E-state index < -0.39 is 11.6 Å². The minimum absolute atomic E-state index is 0.221. The van der Waals surface area contributed by atoms with E-state index in [4.69, 9.17) is 9.47 Å². The third kappa shape index (κ3) is 4.34. The van der Waals surface area contributed by atoms with Gasteiger partial charge in [-0.25, -0.2) is 4.79 Å². The van der Waals surface area contributed by atoms with Crippen LogP contribution in [-0.2, 0) is 11.3 Å². The molecule has 0 bridgehead atoms. The number of amides is 3. The molecule has 2 aromatic rings. The van der Waals surface area contributed by atoms with Gasteiger partial charge in [-0.3, -0.25) is 14.5 Å². The molecule has 1 aromatic heterocycles. The minimum Gasteiger partial charge on any atom is -0.454 e. The fraction of sp³-hybridized carbons (Fsp3) is 0.480. The third-order valence-corrected chi connectivity index (χ3v) is 6.52. The number of fused-ring (bicyclic) bond motifs is 1. The number of urea groups is 1. The van der Waals surface area contributed by atoms with Gasteiger partial charge in [0.05, 0.1) is 6.54 Å². The summed E-state index contributed by atoms with van der Waals surface area (Å²) in [4.78, 5) is 39.7. The maximum Gasteiger partial charge on any atom is 0.325 e. The van der Waals surface area contributed by atoms with E-state index in [9.17, 15) is 14.4 Å². The number of carbonyl (C=O) groups excluding carboxylic acids is 3. The van der Waals surface area contributed by atoms with Crippen molar-refractivity contribution < 1.29 is 23.9 Å². The van der Waals surface area contributed by atoms with Crippen LogP contribution in [-0.4, -0.2) is 46.1 Å². The molecule has 4 rings (SSSR count). The summed E-state index contributed by atoms with van der Waals surface area (Å²) in [6.45, 7) is 10.2. The SMILES string of the molecule is Cc1cc(C(=O)CN2C(=O)N[C@](C)(CCC(C)C)C2=O)c(C)n1Cc1ccc2c(c1)OCO2. The number of benzene rings is 1. The van der Waals surface area contributed by atoms with Crippen molar-refractivity contribution in [1.29, 1.82) is 0 Å². The molecule has 0 unspecified atom stereocenters. The first-order valence-corrected chi connectivity index (χ1v) is 11.3. The van der Waals surface area contributed by atoms with Crippen LogP contribution in [0.25, 0.3) is 0 Å². The summed E-state index contributed by atoms with van der Waals surface area (Å²) in [7, 11) is 0. The number of ketones is 1. The van der Waals surface area contributed by atoms with Crippen molar-refractivity contribution in [1.82, 2.24) is 14.8 Å². The van der Waals surface area contributed by atoms with Crippen LogP contribution in [0.2, 0.25) is 0 Å². The Kier molecular flexibility index (Phi) is 5.95. The number of nitrogens with one attached hydrogen (secondary N) is 1. The van der Waals surface area contributed by atoms with Crippen LogP contribution in [0.15, 0.2) is 24.3 Å². The molecule has 0 spiro atoms. The van der Waals surface area contributed by atoms with E-state index in [0.29, 0.717) is 30.2 Å². The summed E-state index contributed by atoms with van der Waals surface area (Å²) in [5.74, 6) is 1.26. The van der Waals surface area contributed by atoms with E-state index in [1.807, 2.05) is 42.7 Å². The fourth-order valence-electron chi connectivity index (χ4n) is 4.41. The molecule has 3 amide bonds. The molecule has 2 aliphatic heterocycles. The van der Waals surface area contributed by atoms with E-state index in [0.717, 1.165) is 34.0 Å². The predicted octanol–water partition coefficient (Wildman–Crippen LogP) is 3.81. The molecular weight excluding hydrogens is 422 g/mol. The van der Waals surface area contributed by atoms with Gasteiger partial charge >= 0.3 is 6.03 Å². The highest BCUT2D eigenvalue weighted by Crippen LogP contribution is 2.33. The number of aromatic nitrogens is 1. The predicted molar refractivity (Wildman–Crippen MR) is 123 cm³/mol. The van der Waals surface area contributed by atoms with Gasteiger partial charge in [0.1, 0.15) is 5.54 Å². The highest BCUT2D eigenvalue weighted by atomic mass is 16.7. The average Bonchev–Trinajstić information content (AvgIpc) is 3.40. The zero-order valence-electron chi connectivity index (χ0n) is 19.9. The van der Waals surface area contributed by atoms with Gasteiger partial charge in [-0.1, -0.05) is 19.9 Å². The molecular formula is C25H31N3O5. The zero-order chi connectivity index (χ0) is 23.9. The average molecular weight is 454 g/mol. The van der Waals surface area contributed by atoms with Gasteiger partial charge in [0, 0.05) is 23.5 Å². The molecule has 0 aliphatic carbocycles. The minimum atomic E-state index is -0.960. The molecule has 8 heteroatoms. The number of ether oxygens (including phenoxy) is 2. The van der Waals surface area contributed by atoms with E-state index in [1.54, 1.807) is 6.92 Å². The smallest absolute Gasteiger partial charge is 0.325 e. The van der Waals surface area contributed by atoms with E-state index in [2.05, 4.69) is 19.2 Å². The zero-order valence-corrected chi connectivity index (χ0v) is 19.9. The van der Waals surface area contributed by atoms with Crippen molar-refractivity contribution in [2.45, 2.75) is 59.5 Å². The first-order chi connectivity index (χ1) is 15.6. The largest absolute Gasteiger partial charge is 0.454 e. The van der Waals surface area contributed by atoms with E-state index in [-0.39, 0.29) is 25.0 Å². The number of nitrogens with zero attached hydrogens (tertiary/aromatic N) is 2. The molecule has 0 saturated carbocycles. The lowest BCUT2D eigenvalue weighted by molar-refractivity contribution is -0.130. The maximum atomic E-state index is 13.1. The summed E-state index contributed by atoms with van der Waals surface area (Å²) in [5.41, 5.74) is 2.30. The van der Waals surface area contributed by atoms with Crippen LogP contribution in [0.5, 0.6) is 11.5 Å². The molecule has 1 fully saturated rings. The van der Waals surface area contributed by atoms with Crippen LogP contribution in [0.1, 0.15) is 60.9 Å². The van der Waals surface area contributed by atoms with Crippen LogP contribution in [0.4, 0.5) is 4.79 Å². The lowest BCUT2D eigenvalue weighted by Crippen LogP contribution is -2.44. The van der Waals surface area contributed by atoms with Gasteiger partial charge in [-0.15, -0.1) is 0 Å². The van der Waals surface area contributed by atoms with Gasteiger partial charge in [0.15, 0.2) is 17.3 Å². The van der Waals surface area contributed by atoms with Crippen molar-refractivity contribution in [3.63, 3.8) is 0 Å². The Morgan fingerprint density at radius 2 is 1.88 bits per heavy atom. The third-order valence-electron chi connectivity index (χ3n) is 6.52. The monoisotopic (exact) mass is 453 g/mol. The second-order valence-electron chi connectivity index (χ2n) is 9.57. The van der Waals surface area contributed by atoms with Gasteiger partial charge in [0.25, 0.3) is 5.91 Å². The molecule has 2 aliphatic rings. The second-order valence-corrected chi connectivity index (χ2v) is 9.57. The van der Waals surface area contributed by atoms with Gasteiger partial charge in [0.2, 0.25) is 6.79 Å². The Bertz CT molecular complexity index is 1120. The normalized spacial score (nSPS) is 19.5. The molecule has 176 valence electrons. The van der Waals surface area contributed by atoms with Crippen LogP contribution in [0.3, 0.4) is 0 Å². The number of Topliss-reactive ketones (excluding diaryl/α,β-unsaturated/α-hetero) is 1. The number of rotatable bonds is 8. The number of aryl methyl sites for hydroxylation is 1. The molecule has 1 saturated heterocycles. The van der Waals surface area contributed by atoms with Gasteiger partial charge < -0.3 is 19.4 Å². The lowest BCUT2D eigenvalue weighted by atomic mass is 9.92. The van der Waals surface area contributed by atoms with E-state index >= 15 is 0 Å². The second kappa shape index (κ2) is 8.57. The Labute approximate surface area is 193 Å². The number of carbonyl (C=O) groups is 3.